The first-order valence-electron chi connectivity index (χ1n) is 7.35. The van der Waals surface area contributed by atoms with E-state index in [0.717, 1.165) is 26.0 Å². The first-order valence-corrected chi connectivity index (χ1v) is 7.35. The Bertz CT molecular complexity index is 216. The van der Waals surface area contributed by atoms with Crippen LogP contribution >= 0.6 is 0 Å². The molecule has 0 bridgehead atoms. The van der Waals surface area contributed by atoms with Crippen LogP contribution in [0.2, 0.25) is 0 Å². The summed E-state index contributed by atoms with van der Waals surface area (Å²) in [6.45, 7) is 6.19. The maximum atomic E-state index is 6.17. The third kappa shape index (κ3) is 3.43. The number of ether oxygens (including phenoxy) is 2. The van der Waals surface area contributed by atoms with Crippen LogP contribution in [0.4, 0.5) is 0 Å². The molecule has 17 heavy (non-hydrogen) atoms. The normalized spacial score (nSPS) is 33.9. The summed E-state index contributed by atoms with van der Waals surface area (Å²) in [5, 5.41) is 3.49. The van der Waals surface area contributed by atoms with E-state index in [1.807, 2.05) is 0 Å². The van der Waals surface area contributed by atoms with Crippen molar-refractivity contribution < 1.29 is 9.47 Å². The zero-order valence-corrected chi connectivity index (χ0v) is 11.3. The van der Waals surface area contributed by atoms with Crippen LogP contribution in [0.15, 0.2) is 0 Å². The average molecular weight is 241 g/mol. The maximum Gasteiger partial charge on any atom is 0.0990 e. The second-order valence-electron chi connectivity index (χ2n) is 5.32. The summed E-state index contributed by atoms with van der Waals surface area (Å²) < 4.78 is 12.1. The Labute approximate surface area is 105 Å². The first kappa shape index (κ1) is 13.3. The van der Waals surface area contributed by atoms with Gasteiger partial charge in [0.05, 0.1) is 18.3 Å². The van der Waals surface area contributed by atoms with Gasteiger partial charge in [0.25, 0.3) is 0 Å². The fourth-order valence-corrected chi connectivity index (χ4v) is 2.93. The van der Waals surface area contributed by atoms with Gasteiger partial charge in [-0.15, -0.1) is 0 Å². The van der Waals surface area contributed by atoms with E-state index < -0.39 is 0 Å². The molecule has 0 spiro atoms. The lowest BCUT2D eigenvalue weighted by Crippen LogP contribution is -2.60. The van der Waals surface area contributed by atoms with E-state index in [9.17, 15) is 0 Å². The van der Waals surface area contributed by atoms with Gasteiger partial charge in [-0.2, -0.15) is 0 Å². The van der Waals surface area contributed by atoms with Crippen LogP contribution in [0.3, 0.4) is 0 Å². The molecule has 2 rings (SSSR count). The second-order valence-corrected chi connectivity index (χ2v) is 5.32. The topological polar surface area (TPSA) is 30.5 Å². The molecule has 2 saturated carbocycles. The first-order chi connectivity index (χ1) is 8.35. The van der Waals surface area contributed by atoms with Gasteiger partial charge in [0.15, 0.2) is 0 Å². The third-order valence-corrected chi connectivity index (χ3v) is 3.90. The van der Waals surface area contributed by atoms with Crippen molar-refractivity contribution in [2.75, 3.05) is 13.2 Å². The minimum Gasteiger partial charge on any atom is -0.374 e. The maximum absolute atomic E-state index is 6.17. The zero-order valence-electron chi connectivity index (χ0n) is 11.3. The lowest BCUT2D eigenvalue weighted by atomic mass is 9.85. The van der Waals surface area contributed by atoms with E-state index in [0.29, 0.717) is 18.2 Å². The Morgan fingerprint density at radius 2 is 1.94 bits per heavy atom. The van der Waals surface area contributed by atoms with Gasteiger partial charge in [-0.05, 0) is 32.2 Å². The molecule has 3 heteroatoms. The highest BCUT2D eigenvalue weighted by Gasteiger charge is 2.43. The van der Waals surface area contributed by atoms with Crippen LogP contribution in [0, 0.1) is 0 Å². The highest BCUT2D eigenvalue weighted by molar-refractivity contribution is 4.97. The molecule has 2 fully saturated rings. The molecule has 0 aromatic heterocycles. The zero-order chi connectivity index (χ0) is 12.1. The molecule has 0 aromatic carbocycles. The monoisotopic (exact) mass is 241 g/mol. The predicted molar refractivity (Wildman–Crippen MR) is 69.2 cm³/mol. The highest BCUT2D eigenvalue weighted by atomic mass is 16.6. The van der Waals surface area contributed by atoms with Crippen LogP contribution in [0.1, 0.15) is 52.4 Å². The summed E-state index contributed by atoms with van der Waals surface area (Å²) in [4.78, 5) is 0. The van der Waals surface area contributed by atoms with Gasteiger partial charge in [0, 0.05) is 12.6 Å². The molecule has 1 N–H and O–H groups in total. The van der Waals surface area contributed by atoms with Crippen molar-refractivity contribution in [2.45, 2.75) is 76.7 Å². The largest absolute Gasteiger partial charge is 0.374 e. The predicted octanol–water partition coefficient (Wildman–Crippen LogP) is 2.49. The van der Waals surface area contributed by atoms with Crippen molar-refractivity contribution in [1.29, 1.82) is 0 Å². The minimum absolute atomic E-state index is 0.288. The molecule has 0 aliphatic heterocycles. The van der Waals surface area contributed by atoms with Gasteiger partial charge in [-0.1, -0.05) is 26.7 Å². The summed E-state index contributed by atoms with van der Waals surface area (Å²) in [6, 6.07) is 0.512. The van der Waals surface area contributed by atoms with Gasteiger partial charge < -0.3 is 14.8 Å². The minimum atomic E-state index is 0.288. The number of nitrogens with one attached hydrogen (secondary N) is 1. The van der Waals surface area contributed by atoms with E-state index in [2.05, 4.69) is 19.2 Å². The van der Waals surface area contributed by atoms with Crippen LogP contribution < -0.4 is 5.32 Å². The molecular formula is C14H27NO2. The molecule has 0 aromatic rings. The van der Waals surface area contributed by atoms with Crippen LogP contribution in [-0.4, -0.2) is 37.5 Å². The molecule has 100 valence electrons. The Morgan fingerprint density at radius 1 is 1.18 bits per heavy atom. The van der Waals surface area contributed by atoms with E-state index in [4.69, 9.17) is 9.47 Å². The van der Waals surface area contributed by atoms with Crippen molar-refractivity contribution in [3.63, 3.8) is 0 Å². The van der Waals surface area contributed by atoms with Crippen molar-refractivity contribution in [2.24, 2.45) is 0 Å². The number of hydrogen-bond acceptors (Lipinski definition) is 3. The van der Waals surface area contributed by atoms with Gasteiger partial charge in [0.1, 0.15) is 0 Å². The Hall–Kier alpha value is -0.120. The fourth-order valence-electron chi connectivity index (χ4n) is 2.93. The summed E-state index contributed by atoms with van der Waals surface area (Å²) in [7, 11) is 0. The summed E-state index contributed by atoms with van der Waals surface area (Å²) in [5.74, 6) is 0. The van der Waals surface area contributed by atoms with Gasteiger partial charge in [-0.25, -0.2) is 0 Å². The van der Waals surface area contributed by atoms with Crippen molar-refractivity contribution in [3.05, 3.63) is 0 Å². The molecule has 3 unspecified atom stereocenters. The average Bonchev–Trinajstić information content (AvgIpc) is 2.81. The van der Waals surface area contributed by atoms with E-state index in [1.54, 1.807) is 0 Å². The smallest absolute Gasteiger partial charge is 0.0990 e. The third-order valence-electron chi connectivity index (χ3n) is 3.90. The van der Waals surface area contributed by atoms with Crippen molar-refractivity contribution >= 4 is 0 Å². The molecule has 3 nitrogen and oxygen atoms in total. The molecule has 3 atom stereocenters. The summed E-state index contributed by atoms with van der Waals surface area (Å²) in [6.07, 6.45) is 8.54. The van der Waals surface area contributed by atoms with Crippen LogP contribution in [0.5, 0.6) is 0 Å². The Kier molecular flexibility index (Phi) is 5.26. The molecule has 0 saturated heterocycles. The molecule has 2 aliphatic rings. The summed E-state index contributed by atoms with van der Waals surface area (Å²) >= 11 is 0. The molecule has 0 heterocycles. The van der Waals surface area contributed by atoms with E-state index in [1.165, 1.54) is 25.7 Å². The lowest BCUT2D eigenvalue weighted by molar-refractivity contribution is -0.166. The SMILES string of the molecule is CCCOC1C(NCC)CC1OC1CCCC1. The lowest BCUT2D eigenvalue weighted by Gasteiger charge is -2.45. The van der Waals surface area contributed by atoms with Gasteiger partial charge in [0.2, 0.25) is 0 Å². The Morgan fingerprint density at radius 3 is 2.59 bits per heavy atom. The quantitative estimate of drug-likeness (QED) is 0.743. The second kappa shape index (κ2) is 6.72. The number of rotatable bonds is 7. The highest BCUT2D eigenvalue weighted by Crippen LogP contribution is 2.32. The van der Waals surface area contributed by atoms with Crippen molar-refractivity contribution in [1.82, 2.24) is 5.32 Å². The molecule has 0 radical (unpaired) electrons. The summed E-state index contributed by atoms with van der Waals surface area (Å²) in [5.41, 5.74) is 0. The molecular weight excluding hydrogens is 214 g/mol. The van der Waals surface area contributed by atoms with Crippen LogP contribution in [0.25, 0.3) is 0 Å². The van der Waals surface area contributed by atoms with E-state index >= 15 is 0 Å². The van der Waals surface area contributed by atoms with Crippen molar-refractivity contribution in [3.8, 4) is 0 Å². The van der Waals surface area contributed by atoms with Gasteiger partial charge >= 0.3 is 0 Å². The number of likely N-dealkylation sites (N-methyl/N-ethyl adjacent to an activating group) is 1. The van der Waals surface area contributed by atoms with Gasteiger partial charge in [-0.3, -0.25) is 0 Å². The molecule has 0 amide bonds. The number of hydrogen-bond donors (Lipinski definition) is 1. The fraction of sp³-hybridized carbons (Fsp3) is 1.00. The molecule has 2 aliphatic carbocycles. The standard InChI is InChI=1S/C14H27NO2/c1-3-9-16-14-12(15-4-2)10-13(14)17-11-7-5-6-8-11/h11-15H,3-10H2,1-2H3. The Balaban J connectivity index is 1.76. The van der Waals surface area contributed by atoms with E-state index in [-0.39, 0.29) is 6.10 Å². The van der Waals surface area contributed by atoms with Crippen LogP contribution in [-0.2, 0) is 9.47 Å².